The number of sulfonamides is 1. The summed E-state index contributed by atoms with van der Waals surface area (Å²) in [6.45, 7) is 6.52. The van der Waals surface area contributed by atoms with Crippen LogP contribution in [0, 0.1) is 11.3 Å². The zero-order valence-electron chi connectivity index (χ0n) is 13.7. The normalized spacial score (nSPS) is 23.3. The van der Waals surface area contributed by atoms with Gasteiger partial charge >= 0.3 is 0 Å². The highest BCUT2D eigenvalue weighted by atomic mass is 32.2. The van der Waals surface area contributed by atoms with Crippen molar-refractivity contribution in [2.45, 2.75) is 57.4 Å². The van der Waals surface area contributed by atoms with Crippen molar-refractivity contribution in [1.29, 1.82) is 0 Å². The monoisotopic (exact) mass is 337 g/mol. The zero-order valence-corrected chi connectivity index (χ0v) is 14.6. The molecule has 0 saturated heterocycles. The van der Waals surface area contributed by atoms with Gasteiger partial charge in [0.25, 0.3) is 0 Å². The molecule has 0 unspecified atom stereocenters. The van der Waals surface area contributed by atoms with Gasteiger partial charge in [-0.1, -0.05) is 39.7 Å². The van der Waals surface area contributed by atoms with Gasteiger partial charge in [0.1, 0.15) is 10.4 Å². The van der Waals surface area contributed by atoms with E-state index < -0.39 is 10.0 Å². The topological polar surface area (TPSA) is 85.1 Å². The average Bonchev–Trinajstić information content (AvgIpc) is 2.94. The van der Waals surface area contributed by atoms with Gasteiger partial charge in [0, 0.05) is 6.04 Å². The molecule has 3 rings (SSSR count). The number of rotatable bonds is 3. The molecule has 1 heterocycles. The maximum atomic E-state index is 12.9. The third-order valence-corrected chi connectivity index (χ3v) is 6.24. The summed E-state index contributed by atoms with van der Waals surface area (Å²) in [6.07, 6.45) is 4.12. The summed E-state index contributed by atoms with van der Waals surface area (Å²) < 4.78 is 33.3. The number of hydrogen-bond donors (Lipinski definition) is 1. The van der Waals surface area contributed by atoms with Crippen LogP contribution in [0.15, 0.2) is 27.7 Å². The molecule has 2 atom stereocenters. The van der Waals surface area contributed by atoms with Crippen molar-refractivity contribution < 1.29 is 13.0 Å². The van der Waals surface area contributed by atoms with E-state index in [0.29, 0.717) is 11.4 Å². The molecular weight excluding hydrogens is 314 g/mol. The fourth-order valence-electron chi connectivity index (χ4n) is 3.57. The first-order valence-corrected chi connectivity index (χ1v) is 9.51. The van der Waals surface area contributed by atoms with Gasteiger partial charge in [0.2, 0.25) is 10.0 Å². The third-order valence-electron chi connectivity index (χ3n) is 4.72. The lowest BCUT2D eigenvalue weighted by Crippen LogP contribution is -2.46. The zero-order chi connectivity index (χ0) is 16.7. The highest BCUT2D eigenvalue weighted by molar-refractivity contribution is 7.89. The van der Waals surface area contributed by atoms with Crippen LogP contribution in [0.5, 0.6) is 0 Å². The van der Waals surface area contributed by atoms with Crippen molar-refractivity contribution in [1.82, 2.24) is 15.0 Å². The largest absolute Gasteiger partial charge is 0.243 e. The van der Waals surface area contributed by atoms with Gasteiger partial charge in [0.05, 0.1) is 0 Å². The molecule has 1 aliphatic carbocycles. The Hall–Kier alpha value is -1.47. The average molecular weight is 337 g/mol. The van der Waals surface area contributed by atoms with Gasteiger partial charge in [-0.05, 0) is 46.6 Å². The predicted octanol–water partition coefficient (Wildman–Crippen LogP) is 3.11. The minimum atomic E-state index is -3.66. The van der Waals surface area contributed by atoms with Crippen molar-refractivity contribution >= 4 is 21.1 Å². The second-order valence-corrected chi connectivity index (χ2v) is 9.06. The van der Waals surface area contributed by atoms with E-state index in [2.05, 4.69) is 40.4 Å². The molecule has 23 heavy (non-hydrogen) atoms. The van der Waals surface area contributed by atoms with E-state index in [1.165, 1.54) is 0 Å². The molecule has 7 heteroatoms. The third kappa shape index (κ3) is 3.26. The van der Waals surface area contributed by atoms with Crippen molar-refractivity contribution in [3.63, 3.8) is 0 Å². The molecule has 6 nitrogen and oxygen atoms in total. The van der Waals surface area contributed by atoms with E-state index in [0.717, 1.165) is 25.7 Å². The fourth-order valence-corrected chi connectivity index (χ4v) is 5.03. The molecule has 1 N–H and O–H groups in total. The summed E-state index contributed by atoms with van der Waals surface area (Å²) in [5, 5.41) is 7.46. The van der Waals surface area contributed by atoms with Crippen molar-refractivity contribution in [2.75, 3.05) is 0 Å². The summed E-state index contributed by atoms with van der Waals surface area (Å²) in [5.74, 6) is 0.320. The first-order valence-electron chi connectivity index (χ1n) is 8.03. The highest BCUT2D eigenvalue weighted by Gasteiger charge is 2.37. The maximum absolute atomic E-state index is 12.9. The van der Waals surface area contributed by atoms with E-state index in [1.807, 2.05) is 0 Å². The van der Waals surface area contributed by atoms with E-state index >= 15 is 0 Å². The van der Waals surface area contributed by atoms with Crippen molar-refractivity contribution in [2.24, 2.45) is 11.3 Å². The molecule has 1 aromatic carbocycles. The molecule has 0 radical (unpaired) electrons. The molecule has 0 aliphatic heterocycles. The van der Waals surface area contributed by atoms with Gasteiger partial charge < -0.3 is 0 Å². The van der Waals surface area contributed by atoms with Crippen LogP contribution < -0.4 is 4.72 Å². The van der Waals surface area contributed by atoms with E-state index in [9.17, 15) is 8.42 Å². The number of aromatic nitrogens is 2. The van der Waals surface area contributed by atoms with E-state index in [-0.39, 0.29) is 21.9 Å². The highest BCUT2D eigenvalue weighted by Crippen LogP contribution is 2.38. The van der Waals surface area contributed by atoms with Gasteiger partial charge in [-0.15, -0.1) is 0 Å². The molecule has 1 saturated carbocycles. The number of hydrogen-bond acceptors (Lipinski definition) is 5. The molecule has 0 amide bonds. The Balaban J connectivity index is 1.92. The Labute approximate surface area is 136 Å². The second-order valence-electron chi connectivity index (χ2n) is 7.37. The predicted molar refractivity (Wildman–Crippen MR) is 87.3 cm³/mol. The Kier molecular flexibility index (Phi) is 4.18. The van der Waals surface area contributed by atoms with Crippen LogP contribution in [0.3, 0.4) is 0 Å². The second kappa shape index (κ2) is 5.87. The molecule has 2 aromatic rings. The van der Waals surface area contributed by atoms with Crippen LogP contribution in [0.2, 0.25) is 0 Å². The Bertz CT molecular complexity index is 792. The van der Waals surface area contributed by atoms with Crippen LogP contribution in [0.25, 0.3) is 11.0 Å². The van der Waals surface area contributed by atoms with E-state index in [1.54, 1.807) is 18.2 Å². The lowest BCUT2D eigenvalue weighted by atomic mass is 9.70. The van der Waals surface area contributed by atoms with Crippen molar-refractivity contribution in [3.8, 4) is 0 Å². The van der Waals surface area contributed by atoms with Crippen LogP contribution in [0.4, 0.5) is 0 Å². The summed E-state index contributed by atoms with van der Waals surface area (Å²) in [5.41, 5.74) is 0.793. The first kappa shape index (κ1) is 16.4. The number of benzene rings is 1. The Morgan fingerprint density at radius 2 is 1.91 bits per heavy atom. The van der Waals surface area contributed by atoms with Crippen LogP contribution >= 0.6 is 0 Å². The lowest BCUT2D eigenvalue weighted by molar-refractivity contribution is 0.144. The van der Waals surface area contributed by atoms with E-state index in [4.69, 9.17) is 0 Å². The quantitative estimate of drug-likeness (QED) is 0.930. The molecule has 126 valence electrons. The molecule has 1 fully saturated rings. The van der Waals surface area contributed by atoms with Crippen LogP contribution in [-0.2, 0) is 10.0 Å². The van der Waals surface area contributed by atoms with Crippen molar-refractivity contribution in [3.05, 3.63) is 18.2 Å². The van der Waals surface area contributed by atoms with Crippen LogP contribution in [0.1, 0.15) is 46.5 Å². The molecule has 0 spiro atoms. The number of nitrogens with one attached hydrogen (secondary N) is 1. The number of fused-ring (bicyclic) bond motifs is 1. The SMILES string of the molecule is CC(C)(C)[C@H]1CCCC[C@H]1NS(=O)(=O)c1cccc2nonc12. The molecule has 1 aromatic heterocycles. The lowest BCUT2D eigenvalue weighted by Gasteiger charge is -2.40. The summed E-state index contributed by atoms with van der Waals surface area (Å²) in [4.78, 5) is 0.134. The van der Waals surface area contributed by atoms with Gasteiger partial charge in [-0.25, -0.2) is 17.8 Å². The molecular formula is C16H23N3O3S. The number of nitrogens with zero attached hydrogens (tertiary/aromatic N) is 2. The molecule has 0 bridgehead atoms. The summed E-state index contributed by atoms with van der Waals surface area (Å²) in [6, 6.07) is 4.83. The van der Waals surface area contributed by atoms with Gasteiger partial charge in [-0.3, -0.25) is 0 Å². The van der Waals surface area contributed by atoms with Gasteiger partial charge in [-0.2, -0.15) is 0 Å². The summed E-state index contributed by atoms with van der Waals surface area (Å²) >= 11 is 0. The summed E-state index contributed by atoms with van der Waals surface area (Å²) in [7, 11) is -3.66. The van der Waals surface area contributed by atoms with Gasteiger partial charge in [0.15, 0.2) is 5.52 Å². The Morgan fingerprint density at radius 1 is 1.17 bits per heavy atom. The minimum absolute atomic E-state index is 0.0520. The maximum Gasteiger partial charge on any atom is 0.243 e. The van der Waals surface area contributed by atoms with Crippen LogP contribution in [-0.4, -0.2) is 24.8 Å². The smallest absolute Gasteiger partial charge is 0.243 e. The standard InChI is InChI=1S/C16H23N3O3S/c1-16(2,3)11-7-4-5-8-12(11)19-23(20,21)14-10-6-9-13-15(14)18-22-17-13/h6,9-12,19H,4-5,7-8H2,1-3H3/t11-,12+/m0/s1. The fraction of sp³-hybridized carbons (Fsp3) is 0.625. The Morgan fingerprint density at radius 3 is 2.65 bits per heavy atom. The molecule has 1 aliphatic rings. The minimum Gasteiger partial charge on any atom is -0.243 e. The first-order chi connectivity index (χ1) is 10.8.